The van der Waals surface area contributed by atoms with Crippen LogP contribution in [0, 0.1) is 6.92 Å². The quantitative estimate of drug-likeness (QED) is 0.255. The minimum absolute atomic E-state index is 0.0353. The van der Waals surface area contributed by atoms with Gasteiger partial charge >= 0.3 is 0 Å². The van der Waals surface area contributed by atoms with Crippen LogP contribution in [0.1, 0.15) is 28.4 Å². The first-order valence-electron chi connectivity index (χ1n) is 11.1. The maximum atomic E-state index is 13.4. The summed E-state index contributed by atoms with van der Waals surface area (Å²) in [6, 6.07) is 13.0. The number of hydrogen-bond donors (Lipinski definition) is 1. The molecule has 0 aliphatic carbocycles. The van der Waals surface area contributed by atoms with Crippen molar-refractivity contribution in [2.75, 3.05) is 21.3 Å². The second-order valence-electron chi connectivity index (χ2n) is 8.17. The number of hydrogen-bond acceptors (Lipinski definition) is 7. The Labute approximate surface area is 217 Å². The molecule has 36 heavy (non-hydrogen) atoms. The summed E-state index contributed by atoms with van der Waals surface area (Å²) in [5.41, 5.74) is 2.35. The molecule has 2 heterocycles. The van der Waals surface area contributed by atoms with E-state index in [1.165, 1.54) is 26.2 Å². The molecule has 0 spiro atoms. The summed E-state index contributed by atoms with van der Waals surface area (Å²) in [6.45, 7) is 1.93. The molecular formula is C27H25BrN2O6. The highest BCUT2D eigenvalue weighted by Gasteiger charge is 2.46. The summed E-state index contributed by atoms with van der Waals surface area (Å²) < 4.78 is 17.3. The van der Waals surface area contributed by atoms with Gasteiger partial charge in [-0.25, -0.2) is 0 Å². The minimum atomic E-state index is -0.926. The fourth-order valence-corrected chi connectivity index (χ4v) is 4.51. The van der Waals surface area contributed by atoms with E-state index in [1.54, 1.807) is 54.7 Å². The van der Waals surface area contributed by atoms with Crippen molar-refractivity contribution in [2.45, 2.75) is 19.5 Å². The normalized spacial score (nSPS) is 16.8. The van der Waals surface area contributed by atoms with Crippen molar-refractivity contribution in [1.82, 2.24) is 9.88 Å². The third kappa shape index (κ3) is 4.54. The number of rotatable bonds is 7. The number of aryl methyl sites for hydroxylation is 1. The molecule has 0 radical (unpaired) electrons. The number of nitrogens with zero attached hydrogens (tertiary/aromatic N) is 2. The molecule has 1 atom stereocenters. The molecule has 1 N–H and O–H groups in total. The van der Waals surface area contributed by atoms with E-state index in [0.717, 1.165) is 10.0 Å². The number of amides is 1. The predicted octanol–water partition coefficient (Wildman–Crippen LogP) is 4.80. The molecule has 0 saturated carbocycles. The number of Topliss-reactive ketones (excluding diaryl/α,β-unsaturated/α-hetero) is 1. The fourth-order valence-electron chi connectivity index (χ4n) is 4.26. The van der Waals surface area contributed by atoms with E-state index >= 15 is 0 Å². The van der Waals surface area contributed by atoms with Gasteiger partial charge in [-0.15, -0.1) is 0 Å². The molecule has 1 saturated heterocycles. The number of likely N-dealkylation sites (tertiary alicyclic amines) is 1. The summed E-state index contributed by atoms with van der Waals surface area (Å²) in [5, 5.41) is 11.4. The van der Waals surface area contributed by atoms with Crippen LogP contribution in [0.2, 0.25) is 0 Å². The number of methoxy groups -OCH3 is 3. The zero-order valence-corrected chi connectivity index (χ0v) is 21.8. The number of aliphatic hydroxyl groups is 1. The van der Waals surface area contributed by atoms with Crippen molar-refractivity contribution in [2.24, 2.45) is 0 Å². The van der Waals surface area contributed by atoms with Crippen molar-refractivity contribution in [3.05, 3.63) is 87.2 Å². The molecule has 1 fully saturated rings. The average molecular weight is 553 g/mol. The van der Waals surface area contributed by atoms with Gasteiger partial charge in [-0.2, -0.15) is 0 Å². The largest absolute Gasteiger partial charge is 0.507 e. The lowest BCUT2D eigenvalue weighted by atomic mass is 9.94. The first-order chi connectivity index (χ1) is 17.3. The average Bonchev–Trinajstić information content (AvgIpc) is 3.14. The number of pyridine rings is 1. The molecule has 1 aliphatic rings. The van der Waals surface area contributed by atoms with E-state index in [9.17, 15) is 14.7 Å². The van der Waals surface area contributed by atoms with E-state index in [2.05, 4.69) is 20.9 Å². The highest BCUT2D eigenvalue weighted by Crippen LogP contribution is 2.46. The van der Waals surface area contributed by atoms with Gasteiger partial charge in [0.05, 0.1) is 45.2 Å². The first kappa shape index (κ1) is 25.2. The lowest BCUT2D eigenvalue weighted by Gasteiger charge is -2.26. The van der Waals surface area contributed by atoms with Crippen molar-refractivity contribution in [3.63, 3.8) is 0 Å². The third-order valence-electron chi connectivity index (χ3n) is 6.03. The molecule has 186 valence electrons. The summed E-state index contributed by atoms with van der Waals surface area (Å²) in [4.78, 5) is 32.4. The van der Waals surface area contributed by atoms with Crippen molar-refractivity contribution >= 4 is 33.4 Å². The Morgan fingerprint density at radius 3 is 2.28 bits per heavy atom. The van der Waals surface area contributed by atoms with E-state index in [0.29, 0.717) is 34.1 Å². The Bertz CT molecular complexity index is 1330. The highest BCUT2D eigenvalue weighted by molar-refractivity contribution is 9.10. The van der Waals surface area contributed by atoms with Crippen LogP contribution in [0.25, 0.3) is 5.76 Å². The molecule has 8 nitrogen and oxygen atoms in total. The molecule has 3 aromatic rings. The maximum Gasteiger partial charge on any atom is 0.296 e. The van der Waals surface area contributed by atoms with E-state index in [4.69, 9.17) is 14.2 Å². The number of benzene rings is 2. The predicted molar refractivity (Wildman–Crippen MR) is 137 cm³/mol. The number of carbonyl (C=O) groups excluding carboxylic acids is 2. The van der Waals surface area contributed by atoms with Gasteiger partial charge in [-0.1, -0.05) is 28.1 Å². The van der Waals surface area contributed by atoms with Crippen LogP contribution >= 0.6 is 15.9 Å². The standard InChI is InChI=1S/C27H25BrN2O6/c1-15-11-16(8-9-19(15)28)24(31)22-23(17-12-20(34-2)26(36-4)21(13-17)35-3)30(27(33)25(22)32)14-18-7-5-6-10-29-18/h5-13,23,31H,14H2,1-4H3/b24-22+. The molecule has 4 rings (SSSR count). The Morgan fingerprint density at radius 2 is 1.72 bits per heavy atom. The third-order valence-corrected chi connectivity index (χ3v) is 6.92. The highest BCUT2D eigenvalue weighted by atomic mass is 79.9. The topological polar surface area (TPSA) is 98.2 Å². The van der Waals surface area contributed by atoms with Gasteiger partial charge in [-0.05, 0) is 54.4 Å². The molecule has 1 unspecified atom stereocenters. The van der Waals surface area contributed by atoms with Gasteiger partial charge in [0.1, 0.15) is 5.76 Å². The smallest absolute Gasteiger partial charge is 0.296 e. The summed E-state index contributed by atoms with van der Waals surface area (Å²) in [6.07, 6.45) is 1.62. The first-order valence-corrected chi connectivity index (χ1v) is 11.8. The Morgan fingerprint density at radius 1 is 1.03 bits per heavy atom. The van der Waals surface area contributed by atoms with Crippen LogP contribution in [-0.4, -0.2) is 48.0 Å². The van der Waals surface area contributed by atoms with Crippen LogP contribution in [0.15, 0.2) is 64.8 Å². The number of ketones is 1. The molecular weight excluding hydrogens is 528 g/mol. The van der Waals surface area contributed by atoms with Gasteiger partial charge in [0.25, 0.3) is 11.7 Å². The molecule has 1 aliphatic heterocycles. The summed E-state index contributed by atoms with van der Waals surface area (Å²) in [7, 11) is 4.45. The number of aromatic nitrogens is 1. The van der Waals surface area contributed by atoms with Gasteiger partial charge in [-0.3, -0.25) is 14.6 Å². The van der Waals surface area contributed by atoms with Gasteiger partial charge in [0.2, 0.25) is 5.75 Å². The molecule has 2 aromatic carbocycles. The second kappa shape index (κ2) is 10.4. The molecule has 0 bridgehead atoms. The lowest BCUT2D eigenvalue weighted by Crippen LogP contribution is -2.29. The molecule has 1 amide bonds. The van der Waals surface area contributed by atoms with Crippen LogP contribution in [0.4, 0.5) is 0 Å². The lowest BCUT2D eigenvalue weighted by molar-refractivity contribution is -0.140. The zero-order chi connectivity index (χ0) is 26.0. The van der Waals surface area contributed by atoms with E-state index < -0.39 is 17.7 Å². The van der Waals surface area contributed by atoms with Crippen molar-refractivity contribution < 1.29 is 28.9 Å². The van der Waals surface area contributed by atoms with Crippen LogP contribution < -0.4 is 14.2 Å². The van der Waals surface area contributed by atoms with Gasteiger partial charge < -0.3 is 24.2 Å². The fraction of sp³-hybridized carbons (Fsp3) is 0.222. The number of aliphatic hydroxyl groups excluding tert-OH is 1. The van der Waals surface area contributed by atoms with Gasteiger partial charge in [0.15, 0.2) is 11.5 Å². The Balaban J connectivity index is 1.96. The summed E-state index contributed by atoms with van der Waals surface area (Å²) in [5.74, 6) is -0.720. The van der Waals surface area contributed by atoms with Crippen LogP contribution in [-0.2, 0) is 16.1 Å². The maximum absolute atomic E-state index is 13.4. The SMILES string of the molecule is COc1cc(C2/C(=C(\O)c3ccc(Br)c(C)c3)C(=O)C(=O)N2Cc2ccccn2)cc(OC)c1OC. The van der Waals surface area contributed by atoms with Crippen molar-refractivity contribution in [1.29, 1.82) is 0 Å². The number of ether oxygens (including phenoxy) is 3. The van der Waals surface area contributed by atoms with Crippen molar-refractivity contribution in [3.8, 4) is 17.2 Å². The molecule has 1 aromatic heterocycles. The Kier molecular flexibility index (Phi) is 7.30. The monoisotopic (exact) mass is 552 g/mol. The van der Waals surface area contributed by atoms with Crippen LogP contribution in [0.3, 0.4) is 0 Å². The second-order valence-corrected chi connectivity index (χ2v) is 9.03. The number of halogens is 1. The number of carbonyl (C=O) groups is 2. The van der Waals surface area contributed by atoms with E-state index in [1.807, 2.05) is 6.92 Å². The summed E-state index contributed by atoms with van der Waals surface area (Å²) >= 11 is 3.45. The zero-order valence-electron chi connectivity index (χ0n) is 20.2. The van der Waals surface area contributed by atoms with Gasteiger partial charge in [0, 0.05) is 16.2 Å². The van der Waals surface area contributed by atoms with E-state index in [-0.39, 0.29) is 17.9 Å². The Hall–Kier alpha value is -3.85. The molecule has 9 heteroatoms. The van der Waals surface area contributed by atoms with Crippen LogP contribution in [0.5, 0.6) is 17.2 Å². The minimum Gasteiger partial charge on any atom is -0.507 e.